The molecule has 9 nitrogen and oxygen atoms in total. The molecule has 3 aromatic rings. The number of fused-ring (bicyclic) bond motifs is 2. The summed E-state index contributed by atoms with van der Waals surface area (Å²) in [5.41, 5.74) is 2.24. The van der Waals surface area contributed by atoms with Gasteiger partial charge in [0.05, 0.1) is 17.8 Å². The second-order valence-electron chi connectivity index (χ2n) is 10.3. The summed E-state index contributed by atoms with van der Waals surface area (Å²) in [6, 6.07) is 6.44. The Bertz CT molecular complexity index is 1390. The molecule has 38 heavy (non-hydrogen) atoms. The number of H-pyrrole nitrogens is 1. The maximum absolute atomic E-state index is 13.3. The van der Waals surface area contributed by atoms with E-state index in [9.17, 15) is 14.4 Å². The van der Waals surface area contributed by atoms with Gasteiger partial charge in [0.25, 0.3) is 11.8 Å². The Morgan fingerprint density at radius 2 is 1.87 bits per heavy atom. The molecule has 3 aliphatic rings. The lowest BCUT2D eigenvalue weighted by Gasteiger charge is -2.39. The molecule has 2 aliphatic heterocycles. The Morgan fingerprint density at radius 1 is 1.08 bits per heavy atom. The number of carbonyl (C=O) groups excluding carboxylic acids is 3. The highest BCUT2D eigenvalue weighted by Gasteiger charge is 2.39. The minimum atomic E-state index is -0.421. The number of hydrogen-bond donors (Lipinski definition) is 3. The number of nitrogens with zero attached hydrogens (tertiary/aromatic N) is 3. The number of aromatic amines is 1. The van der Waals surface area contributed by atoms with Crippen LogP contribution in [0.1, 0.15) is 50.1 Å². The van der Waals surface area contributed by atoms with Crippen LogP contribution in [0.5, 0.6) is 0 Å². The van der Waals surface area contributed by atoms with Gasteiger partial charge >= 0.3 is 0 Å². The average Bonchev–Trinajstić information content (AvgIpc) is 3.50. The van der Waals surface area contributed by atoms with Crippen LogP contribution in [0.15, 0.2) is 24.3 Å². The Kier molecular flexibility index (Phi) is 7.68. The van der Waals surface area contributed by atoms with Crippen molar-refractivity contribution in [3.05, 3.63) is 50.6 Å². The second-order valence-corrected chi connectivity index (χ2v) is 11.8. The highest BCUT2D eigenvalue weighted by Crippen LogP contribution is 2.32. The highest BCUT2D eigenvalue weighted by atomic mass is 35.5. The minimum absolute atomic E-state index is 0. The first-order valence-corrected chi connectivity index (χ1v) is 13.9. The van der Waals surface area contributed by atoms with E-state index in [1.165, 1.54) is 11.3 Å². The Morgan fingerprint density at radius 3 is 2.66 bits per heavy atom. The largest absolute Gasteiger partial charge is 0.351 e. The summed E-state index contributed by atoms with van der Waals surface area (Å²) in [5.74, 6) is -0.272. The molecule has 0 bridgehead atoms. The molecule has 0 spiro atoms. The molecular weight excluding hydrogens is 547 g/mol. The topological polar surface area (TPSA) is 110 Å². The van der Waals surface area contributed by atoms with E-state index in [4.69, 9.17) is 11.6 Å². The molecule has 1 saturated heterocycles. The van der Waals surface area contributed by atoms with Gasteiger partial charge < -0.3 is 25.4 Å². The van der Waals surface area contributed by atoms with Crippen LogP contribution in [-0.2, 0) is 17.8 Å². The summed E-state index contributed by atoms with van der Waals surface area (Å²) >= 11 is 7.52. The van der Waals surface area contributed by atoms with Crippen molar-refractivity contribution in [2.24, 2.45) is 5.92 Å². The third-order valence-corrected chi connectivity index (χ3v) is 8.74. The number of hydrogen-bond acceptors (Lipinski definition) is 6. The van der Waals surface area contributed by atoms with Gasteiger partial charge in [0.1, 0.15) is 5.69 Å². The van der Waals surface area contributed by atoms with Crippen LogP contribution < -0.4 is 10.6 Å². The summed E-state index contributed by atoms with van der Waals surface area (Å²) in [5, 5.41) is 8.08. The number of piperidine rings is 1. The fraction of sp³-hybridized carbons (Fsp3) is 0.462. The van der Waals surface area contributed by atoms with Crippen molar-refractivity contribution in [1.82, 2.24) is 30.4 Å². The summed E-state index contributed by atoms with van der Waals surface area (Å²) in [6.07, 6.45) is 3.24. The fourth-order valence-corrected chi connectivity index (χ4v) is 6.45. The van der Waals surface area contributed by atoms with Gasteiger partial charge in [0.2, 0.25) is 5.91 Å². The summed E-state index contributed by atoms with van der Waals surface area (Å²) in [6.45, 7) is 2.63. The molecule has 1 saturated carbocycles. The number of rotatable bonds is 5. The Hall–Kier alpha value is -2.66. The normalized spacial score (nSPS) is 21.5. The third-order valence-electron chi connectivity index (χ3n) is 7.43. The van der Waals surface area contributed by atoms with Crippen molar-refractivity contribution < 1.29 is 14.4 Å². The molecule has 2 aromatic heterocycles. The molecule has 4 heterocycles. The van der Waals surface area contributed by atoms with E-state index in [2.05, 4.69) is 32.5 Å². The number of aromatic nitrogens is 2. The zero-order chi connectivity index (χ0) is 25.7. The number of amides is 3. The maximum atomic E-state index is 13.3. The monoisotopic (exact) mass is 576 g/mol. The van der Waals surface area contributed by atoms with Crippen molar-refractivity contribution in [1.29, 1.82) is 0 Å². The quantitative estimate of drug-likeness (QED) is 0.432. The fourth-order valence-electron chi connectivity index (χ4n) is 5.18. The second kappa shape index (κ2) is 10.8. The molecule has 1 aromatic carbocycles. The Labute approximate surface area is 235 Å². The zero-order valence-electron chi connectivity index (χ0n) is 21.0. The van der Waals surface area contributed by atoms with Crippen LogP contribution in [0.25, 0.3) is 10.9 Å². The lowest BCUT2D eigenvalue weighted by Crippen LogP contribution is -2.61. The maximum Gasteiger partial charge on any atom is 0.280 e. The molecule has 2 atom stereocenters. The number of likely N-dealkylation sites (N-methyl/N-ethyl adjacent to an activating group) is 1. The minimum Gasteiger partial charge on any atom is -0.351 e. The first-order chi connectivity index (χ1) is 17.8. The first-order valence-electron chi connectivity index (χ1n) is 12.7. The van der Waals surface area contributed by atoms with Gasteiger partial charge in [-0.25, -0.2) is 4.98 Å². The van der Waals surface area contributed by atoms with Gasteiger partial charge in [-0.3, -0.25) is 14.4 Å². The van der Waals surface area contributed by atoms with Gasteiger partial charge in [0.15, 0.2) is 5.01 Å². The molecule has 202 valence electrons. The van der Waals surface area contributed by atoms with E-state index in [1.807, 2.05) is 11.0 Å². The highest BCUT2D eigenvalue weighted by molar-refractivity contribution is 7.13. The van der Waals surface area contributed by atoms with Crippen LogP contribution in [0.2, 0.25) is 5.02 Å². The van der Waals surface area contributed by atoms with Crippen LogP contribution in [0.4, 0.5) is 0 Å². The molecule has 12 heteroatoms. The van der Waals surface area contributed by atoms with E-state index in [1.54, 1.807) is 18.2 Å². The summed E-state index contributed by atoms with van der Waals surface area (Å²) in [4.78, 5) is 52.2. The van der Waals surface area contributed by atoms with Crippen molar-refractivity contribution in [3.63, 3.8) is 0 Å². The molecule has 0 radical (unpaired) electrons. The van der Waals surface area contributed by atoms with Crippen LogP contribution >= 0.6 is 35.3 Å². The van der Waals surface area contributed by atoms with Gasteiger partial charge in [-0.2, -0.15) is 0 Å². The third kappa shape index (κ3) is 5.54. The van der Waals surface area contributed by atoms with E-state index < -0.39 is 6.04 Å². The number of benzene rings is 1. The number of nitrogens with one attached hydrogen (secondary N) is 3. The Balaban J connectivity index is 0.00000294. The molecule has 2 unspecified atom stereocenters. The predicted molar refractivity (Wildman–Crippen MR) is 149 cm³/mol. The predicted octanol–water partition coefficient (Wildman–Crippen LogP) is 3.23. The number of carbonyl (C=O) groups is 3. The molecular formula is C26H30Cl2N6O3S. The lowest BCUT2D eigenvalue weighted by molar-refractivity contribution is -0.134. The molecule has 3 amide bonds. The molecule has 3 N–H and O–H groups in total. The van der Waals surface area contributed by atoms with Gasteiger partial charge in [0, 0.05) is 59.3 Å². The van der Waals surface area contributed by atoms with Crippen molar-refractivity contribution >= 4 is 64.0 Å². The van der Waals surface area contributed by atoms with Crippen molar-refractivity contribution in [2.75, 3.05) is 26.7 Å². The van der Waals surface area contributed by atoms with Crippen LogP contribution in [0, 0.1) is 5.92 Å². The molecule has 1 aliphatic carbocycles. The van der Waals surface area contributed by atoms with Gasteiger partial charge in [-0.05, 0) is 50.6 Å². The molecule has 2 fully saturated rings. The van der Waals surface area contributed by atoms with Crippen molar-refractivity contribution in [2.45, 2.75) is 44.3 Å². The average molecular weight is 578 g/mol. The van der Waals surface area contributed by atoms with E-state index >= 15 is 0 Å². The van der Waals surface area contributed by atoms with Crippen molar-refractivity contribution in [3.8, 4) is 0 Å². The van der Waals surface area contributed by atoms with Crippen LogP contribution in [-0.4, -0.2) is 76.3 Å². The summed E-state index contributed by atoms with van der Waals surface area (Å²) in [7, 11) is 2.06. The lowest BCUT2D eigenvalue weighted by atomic mass is 9.98. The van der Waals surface area contributed by atoms with E-state index in [0.29, 0.717) is 35.2 Å². The smallest absolute Gasteiger partial charge is 0.280 e. The molecule has 6 rings (SSSR count). The standard InChI is InChI=1S/C26H29ClN6O3S.ClH/c1-32-8-6-19-22(13-32)37-25(31-19)24(35)30-21-12-33(26(36)14-2-3-14)9-7-18(21)29-23(34)20-11-15-10-16(27)4-5-17(15)28-20;/h4-5,10-11,14,18,21,28H,2-3,6-9,12-13H2,1H3,(H,29,34)(H,30,35);1H. The SMILES string of the molecule is CN1CCc2nc(C(=O)NC3CN(C(=O)C4CC4)CCC3NC(=O)c3cc4cc(Cl)ccc4[nH]3)sc2C1.Cl. The van der Waals surface area contributed by atoms with Gasteiger partial charge in [-0.15, -0.1) is 23.7 Å². The summed E-state index contributed by atoms with van der Waals surface area (Å²) < 4.78 is 0. The van der Waals surface area contributed by atoms with Crippen LogP contribution in [0.3, 0.4) is 0 Å². The van der Waals surface area contributed by atoms with E-state index in [0.717, 1.165) is 53.8 Å². The number of likely N-dealkylation sites (tertiary alicyclic amines) is 1. The van der Waals surface area contributed by atoms with E-state index in [-0.39, 0.29) is 42.1 Å². The van der Waals surface area contributed by atoms with Gasteiger partial charge in [-0.1, -0.05) is 11.6 Å². The zero-order valence-corrected chi connectivity index (χ0v) is 23.3. The first kappa shape index (κ1) is 26.9. The number of halogens is 2. The number of thiazole rings is 1.